The number of amides is 1. The van der Waals surface area contributed by atoms with E-state index in [0.717, 1.165) is 29.7 Å². The van der Waals surface area contributed by atoms with Crippen LogP contribution in [-0.2, 0) is 9.84 Å². The maximum Gasteiger partial charge on any atom is 0.251 e. The first kappa shape index (κ1) is 21.6. The van der Waals surface area contributed by atoms with Crippen molar-refractivity contribution in [3.63, 3.8) is 0 Å². The molecule has 3 aliphatic rings. The highest BCUT2D eigenvalue weighted by Gasteiger charge is 2.42. The van der Waals surface area contributed by atoms with Crippen LogP contribution in [-0.4, -0.2) is 73.4 Å². The number of nitrogens with zero attached hydrogens (tertiary/aromatic N) is 2. The van der Waals surface area contributed by atoms with Crippen LogP contribution >= 0.6 is 11.8 Å². The summed E-state index contributed by atoms with van der Waals surface area (Å²) >= 11 is 1.48. The molecule has 1 aromatic rings. The zero-order chi connectivity index (χ0) is 21.1. The molecule has 0 aliphatic carbocycles. The standard InChI is InChI=1S/C21H30N4O3S2/c1-15-6-10-25(11-7-15)9-3-8-22-20(26)16-4-2-5-17(12-16)23-21-24-18-13-30(27,28)14-19(18)29-21/h2,4-5,12,15,18-19H,3,6-11,13-14H2,1H3,(H,22,26)(H,23,24)/t18-,19+/m0/s1. The molecule has 0 bridgehead atoms. The third-order valence-electron chi connectivity index (χ3n) is 6.01. The van der Waals surface area contributed by atoms with E-state index in [1.165, 1.54) is 37.7 Å². The van der Waals surface area contributed by atoms with Crippen molar-refractivity contribution in [3.8, 4) is 0 Å². The number of amidine groups is 1. The van der Waals surface area contributed by atoms with Gasteiger partial charge in [-0.1, -0.05) is 24.8 Å². The van der Waals surface area contributed by atoms with Crippen LogP contribution in [0.2, 0.25) is 0 Å². The predicted molar refractivity (Wildman–Crippen MR) is 123 cm³/mol. The summed E-state index contributed by atoms with van der Waals surface area (Å²) in [5, 5.41) is 6.99. The van der Waals surface area contributed by atoms with Crippen LogP contribution in [0.5, 0.6) is 0 Å². The zero-order valence-electron chi connectivity index (χ0n) is 17.3. The summed E-state index contributed by atoms with van der Waals surface area (Å²) in [6, 6.07) is 7.20. The van der Waals surface area contributed by atoms with Gasteiger partial charge in [0.2, 0.25) is 0 Å². The van der Waals surface area contributed by atoms with E-state index in [-0.39, 0.29) is 28.7 Å². The van der Waals surface area contributed by atoms with Crippen LogP contribution in [0.25, 0.3) is 0 Å². The number of likely N-dealkylation sites (tertiary alicyclic amines) is 1. The number of hydrogen-bond acceptors (Lipinski definition) is 7. The number of thioether (sulfide) groups is 1. The van der Waals surface area contributed by atoms with Crippen LogP contribution in [0.3, 0.4) is 0 Å². The molecule has 0 unspecified atom stereocenters. The zero-order valence-corrected chi connectivity index (χ0v) is 19.0. The van der Waals surface area contributed by atoms with Crippen LogP contribution in [0.15, 0.2) is 29.3 Å². The fourth-order valence-corrected chi connectivity index (χ4v) is 7.85. The average Bonchev–Trinajstić information content (AvgIpc) is 3.19. The Bertz CT molecular complexity index is 911. The molecule has 30 heavy (non-hydrogen) atoms. The number of hydrogen-bond donors (Lipinski definition) is 2. The lowest BCUT2D eigenvalue weighted by atomic mass is 9.99. The number of fused-ring (bicyclic) bond motifs is 1. The number of carbonyl (C=O) groups is 1. The smallest absolute Gasteiger partial charge is 0.251 e. The van der Waals surface area contributed by atoms with E-state index in [1.54, 1.807) is 6.07 Å². The van der Waals surface area contributed by atoms with Gasteiger partial charge in [0.25, 0.3) is 5.91 Å². The van der Waals surface area contributed by atoms with Gasteiger partial charge in [0, 0.05) is 23.0 Å². The molecule has 7 nitrogen and oxygen atoms in total. The number of sulfone groups is 1. The van der Waals surface area contributed by atoms with E-state index in [9.17, 15) is 13.2 Å². The minimum Gasteiger partial charge on any atom is -0.352 e. The Kier molecular flexibility index (Phi) is 6.69. The highest BCUT2D eigenvalue weighted by atomic mass is 32.2. The van der Waals surface area contributed by atoms with Gasteiger partial charge in [0.05, 0.1) is 17.5 Å². The van der Waals surface area contributed by atoms with Crippen LogP contribution in [0.1, 0.15) is 36.5 Å². The van der Waals surface area contributed by atoms with Crippen molar-refractivity contribution in [2.24, 2.45) is 10.9 Å². The van der Waals surface area contributed by atoms with Crippen molar-refractivity contribution in [2.45, 2.75) is 37.5 Å². The third kappa shape index (κ3) is 5.56. The first-order valence-corrected chi connectivity index (χ1v) is 13.4. The average molecular weight is 451 g/mol. The monoisotopic (exact) mass is 450 g/mol. The molecule has 4 rings (SSSR count). The van der Waals surface area contributed by atoms with Crippen molar-refractivity contribution in [3.05, 3.63) is 29.8 Å². The Morgan fingerprint density at radius 3 is 2.83 bits per heavy atom. The number of anilines is 1. The first-order valence-electron chi connectivity index (χ1n) is 10.7. The summed E-state index contributed by atoms with van der Waals surface area (Å²) in [6.45, 7) is 6.35. The maximum absolute atomic E-state index is 12.5. The summed E-state index contributed by atoms with van der Waals surface area (Å²) in [5.41, 5.74) is 1.40. The lowest BCUT2D eigenvalue weighted by Crippen LogP contribution is -2.35. The lowest BCUT2D eigenvalue weighted by Gasteiger charge is -2.30. The Balaban J connectivity index is 1.24. The Morgan fingerprint density at radius 2 is 2.07 bits per heavy atom. The SMILES string of the molecule is CC1CCN(CCCNC(=O)c2cccc(NC3=N[C@H]4CS(=O)(=O)C[C@H]4S3)c2)CC1. The van der Waals surface area contributed by atoms with Gasteiger partial charge in [-0.05, 0) is 63.0 Å². The number of piperidine rings is 1. The molecule has 2 saturated heterocycles. The second kappa shape index (κ2) is 9.28. The summed E-state index contributed by atoms with van der Waals surface area (Å²) < 4.78 is 23.4. The van der Waals surface area contributed by atoms with Crippen LogP contribution in [0, 0.1) is 5.92 Å². The molecule has 3 aliphatic heterocycles. The van der Waals surface area contributed by atoms with E-state index in [0.29, 0.717) is 12.1 Å². The topological polar surface area (TPSA) is 90.9 Å². The maximum atomic E-state index is 12.5. The fraction of sp³-hybridized carbons (Fsp3) is 0.619. The third-order valence-corrected chi connectivity index (χ3v) is 9.15. The second-order valence-corrected chi connectivity index (χ2v) is 12.0. The molecule has 2 fully saturated rings. The molecule has 2 atom stereocenters. The van der Waals surface area contributed by atoms with E-state index < -0.39 is 9.84 Å². The Hall–Kier alpha value is -1.58. The quantitative estimate of drug-likeness (QED) is 0.646. The summed E-state index contributed by atoms with van der Waals surface area (Å²) in [6.07, 6.45) is 3.50. The first-order chi connectivity index (χ1) is 14.4. The summed E-state index contributed by atoms with van der Waals surface area (Å²) in [5.74, 6) is 1.09. The molecular weight excluding hydrogens is 420 g/mol. The van der Waals surface area contributed by atoms with Crippen LogP contribution in [0.4, 0.5) is 5.69 Å². The van der Waals surface area contributed by atoms with Crippen molar-refractivity contribution in [1.29, 1.82) is 0 Å². The van der Waals surface area contributed by atoms with Gasteiger partial charge < -0.3 is 15.5 Å². The summed E-state index contributed by atoms with van der Waals surface area (Å²) in [7, 11) is -2.95. The van der Waals surface area contributed by atoms with Gasteiger partial charge in [-0.25, -0.2) is 8.42 Å². The van der Waals surface area contributed by atoms with Gasteiger partial charge in [0.15, 0.2) is 15.0 Å². The molecule has 0 saturated carbocycles. The number of nitrogens with one attached hydrogen (secondary N) is 2. The fourth-order valence-electron chi connectivity index (χ4n) is 4.17. The molecule has 0 aromatic heterocycles. The largest absolute Gasteiger partial charge is 0.352 e. The molecule has 1 aromatic carbocycles. The van der Waals surface area contributed by atoms with E-state index in [1.807, 2.05) is 18.2 Å². The van der Waals surface area contributed by atoms with Gasteiger partial charge in [-0.2, -0.15) is 0 Å². The van der Waals surface area contributed by atoms with Gasteiger partial charge >= 0.3 is 0 Å². The van der Waals surface area contributed by atoms with Crippen LogP contribution < -0.4 is 10.6 Å². The summed E-state index contributed by atoms with van der Waals surface area (Å²) in [4.78, 5) is 19.5. The highest BCUT2D eigenvalue weighted by molar-refractivity contribution is 8.15. The number of rotatable bonds is 6. The van der Waals surface area contributed by atoms with Gasteiger partial charge in [-0.3, -0.25) is 9.79 Å². The van der Waals surface area contributed by atoms with E-state index in [4.69, 9.17) is 0 Å². The predicted octanol–water partition coefficient (Wildman–Crippen LogP) is 2.22. The molecule has 0 radical (unpaired) electrons. The van der Waals surface area contributed by atoms with E-state index in [2.05, 4.69) is 27.4 Å². The van der Waals surface area contributed by atoms with Crippen molar-refractivity contribution < 1.29 is 13.2 Å². The Labute approximate surface area is 183 Å². The minimum atomic E-state index is -2.95. The normalized spacial score (nSPS) is 26.2. The minimum absolute atomic E-state index is 0.00657. The molecule has 9 heteroatoms. The Morgan fingerprint density at radius 1 is 1.27 bits per heavy atom. The molecule has 164 valence electrons. The second-order valence-electron chi connectivity index (χ2n) is 8.57. The number of benzene rings is 1. The van der Waals surface area contributed by atoms with Crippen molar-refractivity contribution >= 4 is 38.4 Å². The number of carbonyl (C=O) groups excluding carboxylic acids is 1. The molecule has 3 heterocycles. The lowest BCUT2D eigenvalue weighted by molar-refractivity contribution is 0.0950. The molecular formula is C21H30N4O3S2. The van der Waals surface area contributed by atoms with Crippen molar-refractivity contribution in [1.82, 2.24) is 10.2 Å². The highest BCUT2D eigenvalue weighted by Crippen LogP contribution is 2.34. The van der Waals surface area contributed by atoms with E-state index >= 15 is 0 Å². The molecule has 1 amide bonds. The molecule has 0 spiro atoms. The van der Waals surface area contributed by atoms with Gasteiger partial charge in [-0.15, -0.1) is 0 Å². The van der Waals surface area contributed by atoms with Crippen molar-refractivity contribution in [2.75, 3.05) is 43.0 Å². The molecule has 2 N–H and O–H groups in total. The number of aliphatic imine (C=N–C) groups is 1. The van der Waals surface area contributed by atoms with Gasteiger partial charge in [0.1, 0.15) is 0 Å².